The van der Waals surface area contributed by atoms with E-state index in [1.807, 2.05) is 6.20 Å². The molecule has 0 aliphatic heterocycles. The second kappa shape index (κ2) is 6.58. The first kappa shape index (κ1) is 13.1. The Bertz CT molecular complexity index is 293. The van der Waals surface area contributed by atoms with Crippen molar-refractivity contribution in [3.63, 3.8) is 0 Å². The molecule has 0 aromatic carbocycles. The van der Waals surface area contributed by atoms with Crippen molar-refractivity contribution in [2.45, 2.75) is 32.4 Å². The third-order valence-electron chi connectivity index (χ3n) is 2.16. The number of nitrogens with zero attached hydrogens (tertiary/aromatic N) is 1. The lowest BCUT2D eigenvalue weighted by Gasteiger charge is -2.17. The van der Waals surface area contributed by atoms with Crippen LogP contribution in [0.3, 0.4) is 0 Å². The maximum Gasteiger partial charge on any atom is 0.110 e. The Morgan fingerprint density at radius 2 is 2.33 bits per heavy atom. The smallest absolute Gasteiger partial charge is 0.110 e. The molecule has 1 N–H and O–H groups in total. The maximum absolute atomic E-state index is 5.04. The molecule has 2 atom stereocenters. The molecular formula is C10H17BrN2OS. The molecule has 5 heteroatoms. The van der Waals surface area contributed by atoms with Gasteiger partial charge < -0.3 is 10.1 Å². The van der Waals surface area contributed by atoms with Gasteiger partial charge in [-0.25, -0.2) is 4.98 Å². The van der Waals surface area contributed by atoms with Crippen molar-refractivity contribution in [3.8, 4) is 0 Å². The molecule has 1 heterocycles. The van der Waals surface area contributed by atoms with E-state index in [2.05, 4.69) is 40.1 Å². The fraction of sp³-hybridized carbons (Fsp3) is 0.700. The van der Waals surface area contributed by atoms with Gasteiger partial charge >= 0.3 is 0 Å². The number of hydrogen-bond acceptors (Lipinski definition) is 4. The number of ether oxygens (including phenoxy) is 1. The van der Waals surface area contributed by atoms with Gasteiger partial charge in [-0.1, -0.05) is 0 Å². The summed E-state index contributed by atoms with van der Waals surface area (Å²) in [6, 6.07) is 0.746. The van der Waals surface area contributed by atoms with Crippen molar-refractivity contribution in [3.05, 3.63) is 15.0 Å². The fourth-order valence-electron chi connectivity index (χ4n) is 1.34. The van der Waals surface area contributed by atoms with Crippen molar-refractivity contribution >= 4 is 27.3 Å². The quantitative estimate of drug-likeness (QED) is 0.875. The molecule has 2 unspecified atom stereocenters. The molecule has 0 saturated heterocycles. The third kappa shape index (κ3) is 4.59. The molecule has 0 fully saturated rings. The molecule has 3 nitrogen and oxygen atoms in total. The van der Waals surface area contributed by atoms with Crippen LogP contribution in [0.1, 0.15) is 31.3 Å². The van der Waals surface area contributed by atoms with Crippen molar-refractivity contribution in [1.29, 1.82) is 0 Å². The molecule has 0 radical (unpaired) electrons. The highest BCUT2D eigenvalue weighted by atomic mass is 79.9. The molecule has 0 spiro atoms. The van der Waals surface area contributed by atoms with E-state index in [-0.39, 0.29) is 0 Å². The van der Waals surface area contributed by atoms with Crippen LogP contribution in [0.15, 0.2) is 9.98 Å². The van der Waals surface area contributed by atoms with E-state index in [0.29, 0.717) is 12.1 Å². The Hall–Kier alpha value is 0.0300. The SMILES string of the molecule is COCCC(C)NC(C)c1ncc(Br)s1. The Morgan fingerprint density at radius 1 is 1.60 bits per heavy atom. The van der Waals surface area contributed by atoms with Crippen LogP contribution in [0.2, 0.25) is 0 Å². The molecule has 0 amide bonds. The van der Waals surface area contributed by atoms with Gasteiger partial charge in [-0.05, 0) is 36.2 Å². The zero-order valence-corrected chi connectivity index (χ0v) is 11.7. The van der Waals surface area contributed by atoms with Gasteiger partial charge in [-0.2, -0.15) is 0 Å². The Kier molecular flexibility index (Phi) is 5.74. The largest absolute Gasteiger partial charge is 0.385 e. The minimum atomic E-state index is 0.299. The molecule has 0 bridgehead atoms. The summed E-state index contributed by atoms with van der Waals surface area (Å²) in [7, 11) is 1.73. The van der Waals surface area contributed by atoms with Crippen molar-refractivity contribution in [1.82, 2.24) is 10.3 Å². The van der Waals surface area contributed by atoms with Crippen LogP contribution in [0.25, 0.3) is 0 Å². The van der Waals surface area contributed by atoms with Crippen LogP contribution in [-0.2, 0) is 4.74 Å². The Balaban J connectivity index is 2.38. The number of methoxy groups -OCH3 is 1. The van der Waals surface area contributed by atoms with Gasteiger partial charge in [0.05, 0.1) is 16.0 Å². The summed E-state index contributed by atoms with van der Waals surface area (Å²) in [5, 5.41) is 4.61. The number of thiazole rings is 1. The van der Waals surface area contributed by atoms with Crippen LogP contribution in [0.4, 0.5) is 0 Å². The lowest BCUT2D eigenvalue weighted by molar-refractivity contribution is 0.183. The Labute approximate surface area is 103 Å². The standard InChI is InChI=1S/C10H17BrN2OS/c1-7(4-5-14-3)13-8(2)10-12-6-9(11)15-10/h6-8,13H,4-5H2,1-3H3. The van der Waals surface area contributed by atoms with E-state index in [9.17, 15) is 0 Å². The van der Waals surface area contributed by atoms with Gasteiger partial charge in [0.2, 0.25) is 0 Å². The lowest BCUT2D eigenvalue weighted by Crippen LogP contribution is -2.29. The first-order valence-electron chi connectivity index (χ1n) is 4.99. The zero-order chi connectivity index (χ0) is 11.3. The van der Waals surface area contributed by atoms with Crippen molar-refractivity contribution in [2.75, 3.05) is 13.7 Å². The molecule has 1 aromatic rings. The van der Waals surface area contributed by atoms with Crippen LogP contribution in [0, 0.1) is 0 Å². The average Bonchev–Trinajstić information content (AvgIpc) is 2.61. The lowest BCUT2D eigenvalue weighted by atomic mass is 10.2. The summed E-state index contributed by atoms with van der Waals surface area (Å²) in [5.74, 6) is 0. The van der Waals surface area contributed by atoms with Crippen molar-refractivity contribution < 1.29 is 4.74 Å². The molecule has 1 rings (SSSR count). The third-order valence-corrected chi connectivity index (χ3v) is 3.81. The van der Waals surface area contributed by atoms with Crippen LogP contribution < -0.4 is 5.32 Å². The van der Waals surface area contributed by atoms with Gasteiger partial charge in [0, 0.05) is 19.8 Å². The predicted octanol–water partition coefficient (Wildman–Crippen LogP) is 2.98. The number of nitrogens with one attached hydrogen (secondary N) is 1. The minimum Gasteiger partial charge on any atom is -0.385 e. The summed E-state index contributed by atoms with van der Waals surface area (Å²) in [4.78, 5) is 4.33. The molecular weight excluding hydrogens is 276 g/mol. The number of aromatic nitrogens is 1. The van der Waals surface area contributed by atoms with E-state index in [1.54, 1.807) is 18.4 Å². The highest BCUT2D eigenvalue weighted by molar-refractivity contribution is 9.11. The van der Waals surface area contributed by atoms with Gasteiger partial charge in [-0.15, -0.1) is 11.3 Å². The maximum atomic E-state index is 5.04. The van der Waals surface area contributed by atoms with Crippen LogP contribution >= 0.6 is 27.3 Å². The minimum absolute atomic E-state index is 0.299. The molecule has 0 aliphatic rings. The molecule has 0 saturated carbocycles. The van der Waals surface area contributed by atoms with E-state index in [0.717, 1.165) is 21.8 Å². The van der Waals surface area contributed by atoms with Gasteiger partial charge in [0.25, 0.3) is 0 Å². The van der Waals surface area contributed by atoms with E-state index < -0.39 is 0 Å². The first-order valence-corrected chi connectivity index (χ1v) is 6.60. The molecule has 86 valence electrons. The number of rotatable bonds is 6. The van der Waals surface area contributed by atoms with Gasteiger partial charge in [-0.3, -0.25) is 0 Å². The van der Waals surface area contributed by atoms with Gasteiger partial charge in [0.1, 0.15) is 5.01 Å². The molecule has 1 aromatic heterocycles. The highest BCUT2D eigenvalue weighted by Gasteiger charge is 2.12. The average molecular weight is 293 g/mol. The summed E-state index contributed by atoms with van der Waals surface area (Å²) in [5.41, 5.74) is 0. The van der Waals surface area contributed by atoms with E-state index in [1.165, 1.54) is 0 Å². The predicted molar refractivity (Wildman–Crippen MR) is 67.3 cm³/mol. The second-order valence-corrected chi connectivity index (χ2v) is 6.01. The summed E-state index contributed by atoms with van der Waals surface area (Å²) < 4.78 is 6.12. The fourth-order valence-corrected chi connectivity index (χ4v) is 2.60. The summed E-state index contributed by atoms with van der Waals surface area (Å²) in [6.45, 7) is 5.09. The second-order valence-electron chi connectivity index (χ2n) is 3.57. The number of halogens is 1. The summed E-state index contributed by atoms with van der Waals surface area (Å²) >= 11 is 5.09. The van der Waals surface area contributed by atoms with E-state index in [4.69, 9.17) is 4.74 Å². The number of hydrogen-bond donors (Lipinski definition) is 1. The first-order chi connectivity index (χ1) is 7.13. The molecule has 15 heavy (non-hydrogen) atoms. The van der Waals surface area contributed by atoms with Gasteiger partial charge in [0.15, 0.2) is 0 Å². The Morgan fingerprint density at radius 3 is 2.87 bits per heavy atom. The summed E-state index contributed by atoms with van der Waals surface area (Å²) in [6.07, 6.45) is 2.87. The molecule has 0 aliphatic carbocycles. The van der Waals surface area contributed by atoms with Crippen LogP contribution in [0.5, 0.6) is 0 Å². The zero-order valence-electron chi connectivity index (χ0n) is 9.29. The van der Waals surface area contributed by atoms with Crippen LogP contribution in [-0.4, -0.2) is 24.7 Å². The normalized spacial score (nSPS) is 15.2. The highest BCUT2D eigenvalue weighted by Crippen LogP contribution is 2.24. The van der Waals surface area contributed by atoms with E-state index >= 15 is 0 Å². The monoisotopic (exact) mass is 292 g/mol. The van der Waals surface area contributed by atoms with Crippen molar-refractivity contribution in [2.24, 2.45) is 0 Å². The topological polar surface area (TPSA) is 34.1 Å².